The van der Waals surface area contributed by atoms with Crippen LogP contribution in [-0.2, 0) is 11.3 Å². The molecule has 5 nitrogen and oxygen atoms in total. The van der Waals surface area contributed by atoms with Gasteiger partial charge in [0.1, 0.15) is 0 Å². The molecule has 0 aliphatic carbocycles. The molecule has 1 N–H and O–H groups in total. The lowest BCUT2D eigenvalue weighted by atomic mass is 9.77. The van der Waals surface area contributed by atoms with Crippen LogP contribution in [-0.4, -0.2) is 66.8 Å². The Balaban J connectivity index is 1.61. The molecule has 1 amide bonds. The highest BCUT2D eigenvalue weighted by Gasteiger charge is 2.34. The van der Waals surface area contributed by atoms with E-state index < -0.39 is 0 Å². The second kappa shape index (κ2) is 8.30. The Morgan fingerprint density at radius 3 is 2.56 bits per heavy atom. The average Bonchev–Trinajstić information content (AvgIpc) is 2.68. The summed E-state index contributed by atoms with van der Waals surface area (Å²) in [6, 6.07) is 8.03. The number of nitrogens with zero attached hydrogens (tertiary/aromatic N) is 2. The van der Waals surface area contributed by atoms with Crippen LogP contribution >= 0.6 is 0 Å². The van der Waals surface area contributed by atoms with Gasteiger partial charge in [0.2, 0.25) is 0 Å². The minimum atomic E-state index is 0.00889. The molecular formula is C20H30N2O3. The largest absolute Gasteiger partial charge is 0.396 e. The van der Waals surface area contributed by atoms with E-state index in [0.717, 1.165) is 70.8 Å². The second-order valence-electron chi connectivity index (χ2n) is 7.39. The number of carbonyl (C=O) groups is 1. The number of aliphatic hydroxyl groups excluding tert-OH is 1. The molecule has 138 valence electrons. The van der Waals surface area contributed by atoms with Crippen molar-refractivity contribution in [3.63, 3.8) is 0 Å². The van der Waals surface area contributed by atoms with E-state index in [-0.39, 0.29) is 17.9 Å². The van der Waals surface area contributed by atoms with E-state index in [0.29, 0.717) is 0 Å². The van der Waals surface area contributed by atoms with Crippen LogP contribution in [0.25, 0.3) is 0 Å². The van der Waals surface area contributed by atoms with Crippen molar-refractivity contribution >= 4 is 5.91 Å². The van der Waals surface area contributed by atoms with E-state index in [1.54, 1.807) is 0 Å². The van der Waals surface area contributed by atoms with Gasteiger partial charge in [0, 0.05) is 44.9 Å². The summed E-state index contributed by atoms with van der Waals surface area (Å²) in [7, 11) is 0. The molecule has 3 rings (SSSR count). The number of rotatable bonds is 5. The molecule has 2 aliphatic rings. The number of benzene rings is 1. The van der Waals surface area contributed by atoms with Gasteiger partial charge in [-0.2, -0.15) is 0 Å². The van der Waals surface area contributed by atoms with Crippen LogP contribution < -0.4 is 0 Å². The summed E-state index contributed by atoms with van der Waals surface area (Å²) >= 11 is 0. The molecule has 0 saturated carbocycles. The van der Waals surface area contributed by atoms with Crippen molar-refractivity contribution in [1.29, 1.82) is 0 Å². The third-order valence-electron chi connectivity index (χ3n) is 5.88. The number of amides is 1. The first-order chi connectivity index (χ1) is 12.2. The van der Waals surface area contributed by atoms with E-state index in [9.17, 15) is 9.90 Å². The summed E-state index contributed by atoms with van der Waals surface area (Å²) in [5.74, 6) is 0.117. The van der Waals surface area contributed by atoms with Crippen molar-refractivity contribution in [2.45, 2.75) is 32.7 Å². The Hall–Kier alpha value is -1.43. The maximum absolute atomic E-state index is 12.9. The lowest BCUT2D eigenvalue weighted by Crippen LogP contribution is -2.44. The van der Waals surface area contributed by atoms with Crippen LogP contribution in [0, 0.1) is 5.41 Å². The normalized spacial score (nSPS) is 21.3. The fraction of sp³-hybridized carbons (Fsp3) is 0.650. The van der Waals surface area contributed by atoms with Crippen molar-refractivity contribution < 1.29 is 14.6 Å². The third kappa shape index (κ3) is 4.40. The van der Waals surface area contributed by atoms with E-state index in [1.165, 1.54) is 5.56 Å². The number of carbonyl (C=O) groups excluding carboxylic acids is 1. The first-order valence-corrected chi connectivity index (χ1v) is 9.45. The second-order valence-corrected chi connectivity index (χ2v) is 7.39. The highest BCUT2D eigenvalue weighted by molar-refractivity contribution is 5.94. The average molecular weight is 346 g/mol. The summed E-state index contributed by atoms with van der Waals surface area (Å²) in [5, 5.41) is 9.66. The highest BCUT2D eigenvalue weighted by atomic mass is 16.5. The predicted octanol–water partition coefficient (Wildman–Crippen LogP) is 2.14. The van der Waals surface area contributed by atoms with Crippen LogP contribution in [0.4, 0.5) is 0 Å². The molecule has 5 heteroatoms. The van der Waals surface area contributed by atoms with Gasteiger partial charge in [-0.3, -0.25) is 9.69 Å². The van der Waals surface area contributed by atoms with E-state index in [4.69, 9.17) is 4.74 Å². The number of likely N-dealkylation sites (tertiary alicyclic amines) is 1. The van der Waals surface area contributed by atoms with Gasteiger partial charge in [-0.25, -0.2) is 0 Å². The molecule has 0 radical (unpaired) electrons. The maximum atomic E-state index is 12.9. The lowest BCUT2D eigenvalue weighted by Gasteiger charge is -2.40. The van der Waals surface area contributed by atoms with Gasteiger partial charge in [0.15, 0.2) is 0 Å². The minimum absolute atomic E-state index is 0.00889. The Morgan fingerprint density at radius 1 is 1.20 bits per heavy atom. The van der Waals surface area contributed by atoms with Crippen molar-refractivity contribution in [3.05, 3.63) is 35.4 Å². The van der Waals surface area contributed by atoms with Crippen LogP contribution in [0.2, 0.25) is 0 Å². The molecule has 2 aliphatic heterocycles. The summed E-state index contributed by atoms with van der Waals surface area (Å²) in [6.45, 7) is 8.17. The van der Waals surface area contributed by atoms with Gasteiger partial charge in [0.05, 0.1) is 13.2 Å². The zero-order valence-electron chi connectivity index (χ0n) is 15.2. The quantitative estimate of drug-likeness (QED) is 0.888. The SMILES string of the molecule is CCC1(CO)CCN(C(=O)c2cccc(CN3CCOCC3)c2)CC1. The monoisotopic (exact) mass is 346 g/mol. The highest BCUT2D eigenvalue weighted by Crippen LogP contribution is 2.34. The van der Waals surface area contributed by atoms with E-state index >= 15 is 0 Å². The van der Waals surface area contributed by atoms with Gasteiger partial charge in [-0.15, -0.1) is 0 Å². The number of hydrogen-bond donors (Lipinski definition) is 1. The number of aliphatic hydroxyl groups is 1. The third-order valence-corrected chi connectivity index (χ3v) is 5.88. The summed E-state index contributed by atoms with van der Waals surface area (Å²) < 4.78 is 5.39. The zero-order chi connectivity index (χ0) is 17.7. The van der Waals surface area contributed by atoms with Crippen LogP contribution in [0.1, 0.15) is 42.1 Å². The Morgan fingerprint density at radius 2 is 1.92 bits per heavy atom. The predicted molar refractivity (Wildman–Crippen MR) is 97.5 cm³/mol. The molecule has 1 aromatic carbocycles. The van der Waals surface area contributed by atoms with Gasteiger partial charge in [-0.05, 0) is 42.4 Å². The molecule has 0 aromatic heterocycles. The fourth-order valence-electron chi connectivity index (χ4n) is 3.81. The van der Waals surface area contributed by atoms with Crippen LogP contribution in [0.3, 0.4) is 0 Å². The molecule has 2 fully saturated rings. The first-order valence-electron chi connectivity index (χ1n) is 9.45. The number of ether oxygens (including phenoxy) is 1. The molecule has 0 spiro atoms. The first kappa shape index (κ1) is 18.4. The van der Waals surface area contributed by atoms with Crippen LogP contribution in [0.5, 0.6) is 0 Å². The van der Waals surface area contributed by atoms with Crippen molar-refractivity contribution in [2.75, 3.05) is 46.0 Å². The molecule has 25 heavy (non-hydrogen) atoms. The molecule has 0 bridgehead atoms. The molecule has 1 aromatic rings. The molecule has 0 unspecified atom stereocenters. The smallest absolute Gasteiger partial charge is 0.253 e. The zero-order valence-corrected chi connectivity index (χ0v) is 15.2. The van der Waals surface area contributed by atoms with Gasteiger partial charge >= 0.3 is 0 Å². The molecule has 2 heterocycles. The summed E-state index contributed by atoms with van der Waals surface area (Å²) in [4.78, 5) is 17.2. The number of piperidine rings is 1. The minimum Gasteiger partial charge on any atom is -0.396 e. The Labute approximate surface area is 150 Å². The lowest BCUT2D eigenvalue weighted by molar-refractivity contribution is 0.0331. The van der Waals surface area contributed by atoms with Crippen molar-refractivity contribution in [1.82, 2.24) is 9.80 Å². The summed E-state index contributed by atoms with van der Waals surface area (Å²) in [5.41, 5.74) is 1.97. The number of morpholine rings is 1. The number of hydrogen-bond acceptors (Lipinski definition) is 4. The van der Waals surface area contributed by atoms with E-state index in [2.05, 4.69) is 17.9 Å². The fourth-order valence-corrected chi connectivity index (χ4v) is 3.81. The Bertz CT molecular complexity index is 570. The maximum Gasteiger partial charge on any atom is 0.253 e. The van der Waals surface area contributed by atoms with Gasteiger partial charge in [-0.1, -0.05) is 19.1 Å². The standard InChI is InChI=1S/C20H30N2O3/c1-2-20(16-23)6-8-22(9-7-20)19(24)18-5-3-4-17(14-18)15-21-10-12-25-13-11-21/h3-5,14,23H,2,6-13,15-16H2,1H3. The molecular weight excluding hydrogens is 316 g/mol. The van der Waals surface area contributed by atoms with E-state index in [1.807, 2.05) is 23.1 Å². The molecule has 2 saturated heterocycles. The summed E-state index contributed by atoms with van der Waals surface area (Å²) in [6.07, 6.45) is 2.75. The Kier molecular flexibility index (Phi) is 6.10. The van der Waals surface area contributed by atoms with Crippen LogP contribution in [0.15, 0.2) is 24.3 Å². The molecule has 0 atom stereocenters. The van der Waals surface area contributed by atoms with Gasteiger partial charge in [0.25, 0.3) is 5.91 Å². The topological polar surface area (TPSA) is 53.0 Å². The van der Waals surface area contributed by atoms with Crippen molar-refractivity contribution in [3.8, 4) is 0 Å². The van der Waals surface area contributed by atoms with Crippen molar-refractivity contribution in [2.24, 2.45) is 5.41 Å². The van der Waals surface area contributed by atoms with Gasteiger partial charge < -0.3 is 14.7 Å².